The average molecular weight is 410 g/mol. The first-order valence-electron chi connectivity index (χ1n) is 9.84. The summed E-state index contributed by atoms with van der Waals surface area (Å²) in [5, 5.41) is 2.69. The quantitative estimate of drug-likeness (QED) is 0.709. The molecule has 2 aromatic carbocycles. The molecule has 1 N–H and O–H groups in total. The molecule has 2 atom stereocenters. The van der Waals surface area contributed by atoms with Crippen LogP contribution in [0.15, 0.2) is 48.5 Å². The minimum Gasteiger partial charge on any atom is -0.495 e. The first-order chi connectivity index (χ1) is 14.4. The van der Waals surface area contributed by atoms with Gasteiger partial charge in [0.15, 0.2) is 6.61 Å². The van der Waals surface area contributed by atoms with Crippen LogP contribution in [-0.4, -0.2) is 42.9 Å². The monoisotopic (exact) mass is 410 g/mol. The van der Waals surface area contributed by atoms with Gasteiger partial charge in [-0.1, -0.05) is 36.4 Å². The van der Waals surface area contributed by atoms with Gasteiger partial charge in [0.25, 0.3) is 5.91 Å². The summed E-state index contributed by atoms with van der Waals surface area (Å²) in [6.45, 7) is 3.69. The number of hydrogen-bond donors (Lipinski definition) is 1. The molecule has 1 fully saturated rings. The molecular weight excluding hydrogens is 384 g/mol. The predicted octanol–water partition coefficient (Wildman–Crippen LogP) is 3.10. The molecule has 1 aliphatic rings. The highest BCUT2D eigenvalue weighted by molar-refractivity contribution is 5.95. The Labute approximate surface area is 176 Å². The molecule has 7 heteroatoms. The zero-order valence-corrected chi connectivity index (χ0v) is 17.4. The van der Waals surface area contributed by atoms with Crippen molar-refractivity contribution in [3.63, 3.8) is 0 Å². The smallest absolute Gasteiger partial charge is 0.311 e. The van der Waals surface area contributed by atoms with Gasteiger partial charge < -0.3 is 19.7 Å². The lowest BCUT2D eigenvalue weighted by atomic mass is 10.1. The highest BCUT2D eigenvalue weighted by Crippen LogP contribution is 2.29. The van der Waals surface area contributed by atoms with Crippen molar-refractivity contribution in [2.75, 3.05) is 25.6 Å². The summed E-state index contributed by atoms with van der Waals surface area (Å²) in [4.78, 5) is 38.7. The van der Waals surface area contributed by atoms with Crippen molar-refractivity contribution >= 4 is 23.5 Å². The number of amides is 2. The molecular formula is C23H26N2O5. The third kappa shape index (κ3) is 4.97. The molecule has 2 amide bonds. The van der Waals surface area contributed by atoms with Gasteiger partial charge in [0.1, 0.15) is 5.75 Å². The summed E-state index contributed by atoms with van der Waals surface area (Å²) in [6, 6.07) is 14.9. The van der Waals surface area contributed by atoms with E-state index >= 15 is 0 Å². The molecule has 0 bridgehead atoms. The van der Waals surface area contributed by atoms with Crippen LogP contribution in [-0.2, 0) is 19.1 Å². The number of nitrogens with one attached hydrogen (secondary N) is 1. The molecule has 158 valence electrons. The van der Waals surface area contributed by atoms with E-state index in [1.165, 1.54) is 7.11 Å². The lowest BCUT2D eigenvalue weighted by Gasteiger charge is -2.25. The van der Waals surface area contributed by atoms with E-state index in [9.17, 15) is 14.4 Å². The fourth-order valence-electron chi connectivity index (χ4n) is 3.54. The van der Waals surface area contributed by atoms with Crippen LogP contribution in [0.4, 0.5) is 5.69 Å². The Morgan fingerprint density at radius 2 is 1.93 bits per heavy atom. The number of carbonyl (C=O) groups excluding carboxylic acids is 3. The molecule has 2 aromatic rings. The van der Waals surface area contributed by atoms with E-state index in [1.54, 1.807) is 17.0 Å². The van der Waals surface area contributed by atoms with Gasteiger partial charge in [0.2, 0.25) is 5.91 Å². The van der Waals surface area contributed by atoms with Crippen molar-refractivity contribution in [3.05, 3.63) is 59.7 Å². The molecule has 0 aliphatic carbocycles. The van der Waals surface area contributed by atoms with Gasteiger partial charge in [-0.3, -0.25) is 14.4 Å². The number of ether oxygens (including phenoxy) is 2. The molecule has 0 unspecified atom stereocenters. The highest BCUT2D eigenvalue weighted by Gasteiger charge is 2.38. The Hall–Kier alpha value is -3.35. The number of esters is 1. The SMILES string of the molecule is COc1ccc(C)cc1NC(=O)COC(=O)[C@@H]1CC(=O)N([C@@H](C)c2ccccc2)C1. The number of aryl methyl sites for hydroxylation is 1. The Morgan fingerprint density at radius 3 is 2.63 bits per heavy atom. The maximum atomic E-state index is 12.4. The summed E-state index contributed by atoms with van der Waals surface area (Å²) in [6.07, 6.45) is 0.0866. The molecule has 0 aromatic heterocycles. The van der Waals surface area contributed by atoms with Crippen LogP contribution in [0, 0.1) is 12.8 Å². The second kappa shape index (κ2) is 9.43. The molecule has 0 radical (unpaired) electrons. The van der Waals surface area contributed by atoms with Crippen molar-refractivity contribution in [3.8, 4) is 5.75 Å². The van der Waals surface area contributed by atoms with Crippen LogP contribution in [0.3, 0.4) is 0 Å². The summed E-state index contributed by atoms with van der Waals surface area (Å²) in [7, 11) is 1.51. The van der Waals surface area contributed by atoms with Crippen molar-refractivity contribution in [2.24, 2.45) is 5.92 Å². The first-order valence-corrected chi connectivity index (χ1v) is 9.84. The van der Waals surface area contributed by atoms with E-state index in [0.717, 1.165) is 11.1 Å². The summed E-state index contributed by atoms with van der Waals surface area (Å²) >= 11 is 0. The van der Waals surface area contributed by atoms with Gasteiger partial charge in [0.05, 0.1) is 24.8 Å². The van der Waals surface area contributed by atoms with E-state index in [2.05, 4.69) is 5.32 Å². The molecule has 1 aliphatic heterocycles. The van der Waals surface area contributed by atoms with Gasteiger partial charge >= 0.3 is 5.97 Å². The fraction of sp³-hybridized carbons (Fsp3) is 0.348. The second-order valence-corrected chi connectivity index (χ2v) is 7.39. The Kier molecular flexibility index (Phi) is 6.72. The molecule has 3 rings (SSSR count). The van der Waals surface area contributed by atoms with Gasteiger partial charge in [-0.05, 0) is 37.1 Å². The number of rotatable bonds is 7. The van der Waals surface area contributed by atoms with Crippen molar-refractivity contribution in [2.45, 2.75) is 26.3 Å². The van der Waals surface area contributed by atoms with Crippen LogP contribution in [0.1, 0.15) is 30.5 Å². The Morgan fingerprint density at radius 1 is 1.20 bits per heavy atom. The van der Waals surface area contributed by atoms with Gasteiger partial charge in [-0.25, -0.2) is 0 Å². The van der Waals surface area contributed by atoms with E-state index in [4.69, 9.17) is 9.47 Å². The Balaban J connectivity index is 1.53. The number of benzene rings is 2. The van der Waals surface area contributed by atoms with Crippen molar-refractivity contribution in [1.82, 2.24) is 4.90 Å². The molecule has 0 saturated carbocycles. The summed E-state index contributed by atoms with van der Waals surface area (Å²) in [5.41, 5.74) is 2.48. The van der Waals surface area contributed by atoms with Crippen LogP contribution in [0.2, 0.25) is 0 Å². The second-order valence-electron chi connectivity index (χ2n) is 7.39. The fourth-order valence-corrected chi connectivity index (χ4v) is 3.54. The maximum Gasteiger partial charge on any atom is 0.311 e. The number of nitrogens with zero attached hydrogens (tertiary/aromatic N) is 1. The molecule has 1 heterocycles. The largest absolute Gasteiger partial charge is 0.495 e. The Bertz CT molecular complexity index is 928. The predicted molar refractivity (Wildman–Crippen MR) is 112 cm³/mol. The van der Waals surface area contributed by atoms with E-state index in [0.29, 0.717) is 11.4 Å². The van der Waals surface area contributed by atoms with Crippen molar-refractivity contribution < 1.29 is 23.9 Å². The third-order valence-electron chi connectivity index (χ3n) is 5.22. The molecule has 30 heavy (non-hydrogen) atoms. The molecule has 1 saturated heterocycles. The van der Waals surface area contributed by atoms with Crippen LogP contribution < -0.4 is 10.1 Å². The summed E-state index contributed by atoms with van der Waals surface area (Å²) in [5.74, 6) is -1.16. The molecule has 0 spiro atoms. The lowest BCUT2D eigenvalue weighted by molar-refractivity contribution is -0.151. The van der Waals surface area contributed by atoms with Gasteiger partial charge in [-0.2, -0.15) is 0 Å². The highest BCUT2D eigenvalue weighted by atomic mass is 16.5. The topological polar surface area (TPSA) is 84.9 Å². The standard InChI is InChI=1S/C23H26N2O5/c1-15-9-10-20(29-3)19(11-15)24-21(26)14-30-23(28)18-12-22(27)25(13-18)16(2)17-7-5-4-6-8-17/h4-11,16,18H,12-14H2,1-3H3,(H,24,26)/t16-,18+/m0/s1. The van der Waals surface area contributed by atoms with Gasteiger partial charge in [-0.15, -0.1) is 0 Å². The molecule has 7 nitrogen and oxygen atoms in total. The number of likely N-dealkylation sites (tertiary alicyclic amines) is 1. The minimum atomic E-state index is -0.579. The number of methoxy groups -OCH3 is 1. The van der Waals surface area contributed by atoms with E-state index in [1.807, 2.05) is 50.2 Å². The first kappa shape index (κ1) is 21.4. The third-order valence-corrected chi connectivity index (χ3v) is 5.22. The van der Waals surface area contributed by atoms with Crippen LogP contribution >= 0.6 is 0 Å². The minimum absolute atomic E-state index is 0.0866. The summed E-state index contributed by atoms with van der Waals surface area (Å²) < 4.78 is 10.4. The van der Waals surface area contributed by atoms with E-state index < -0.39 is 24.4 Å². The van der Waals surface area contributed by atoms with Crippen LogP contribution in [0.25, 0.3) is 0 Å². The van der Waals surface area contributed by atoms with Crippen molar-refractivity contribution in [1.29, 1.82) is 0 Å². The maximum absolute atomic E-state index is 12.4. The lowest BCUT2D eigenvalue weighted by Crippen LogP contribution is -2.30. The van der Waals surface area contributed by atoms with E-state index in [-0.39, 0.29) is 24.9 Å². The number of anilines is 1. The normalized spacial score (nSPS) is 16.8. The zero-order valence-electron chi connectivity index (χ0n) is 17.4. The average Bonchev–Trinajstić information content (AvgIpc) is 3.14. The number of hydrogen-bond acceptors (Lipinski definition) is 5. The number of carbonyl (C=O) groups is 3. The van der Waals surface area contributed by atoms with Crippen LogP contribution in [0.5, 0.6) is 5.75 Å². The zero-order chi connectivity index (χ0) is 21.7. The van der Waals surface area contributed by atoms with Gasteiger partial charge in [0, 0.05) is 13.0 Å².